The molecule has 2 fully saturated rings. The molecule has 2 heterocycles. The summed E-state index contributed by atoms with van der Waals surface area (Å²) in [7, 11) is 3.34. The van der Waals surface area contributed by atoms with Crippen LogP contribution in [-0.2, 0) is 41.6 Å². The maximum atomic E-state index is 14.7. The highest BCUT2D eigenvalue weighted by Gasteiger charge is 2.46. The van der Waals surface area contributed by atoms with Gasteiger partial charge in [0.2, 0.25) is 35.4 Å². The second-order valence-corrected chi connectivity index (χ2v) is 24.7. The standard InChI is InChI=1S/C64H84N10O8/c1-39(65-9)55(75)69-53(63(3,4)5)61(81)73-35-33-71(37-51(73)57(77)67-49-23-15-19-43-17-11-13-21-47(43)49)59(79)45-29-25-41(26-30-45)42-27-31-46(32-28-42)60(80)72-34-36-74(62(82)54(64(6,7)8)70-56(76)40(2)66-10)52(38-72)58(78)68-50-24-16-20-44-18-12-14-22-48(44)50/h11-14,17-18,21-22,25-32,39-40,49-54,65-66H,15-16,19-20,23-24,33-38H2,1-10H3,(H,67,77)(H,68,78)(H,69,75)(H,70,76)/t39-,40-,49+,50+,51-,52-,53+,54+/m0/s1. The maximum absolute atomic E-state index is 14.7. The fourth-order valence-electron chi connectivity index (χ4n) is 11.7. The van der Waals surface area contributed by atoms with Crippen molar-refractivity contribution in [2.75, 3.05) is 53.4 Å². The third kappa shape index (κ3) is 13.7. The normalized spacial score (nSPS) is 20.7. The van der Waals surface area contributed by atoms with Crippen molar-refractivity contribution >= 4 is 47.3 Å². The van der Waals surface area contributed by atoms with Crippen molar-refractivity contribution < 1.29 is 38.4 Å². The highest BCUT2D eigenvalue weighted by atomic mass is 16.2. The lowest BCUT2D eigenvalue weighted by Crippen LogP contribution is -2.66. The Balaban J connectivity index is 0.975. The first-order valence-corrected chi connectivity index (χ1v) is 29.1. The van der Waals surface area contributed by atoms with E-state index in [9.17, 15) is 38.4 Å². The van der Waals surface area contributed by atoms with E-state index in [2.05, 4.69) is 44.0 Å². The van der Waals surface area contributed by atoms with Gasteiger partial charge in [0, 0.05) is 37.3 Å². The maximum Gasteiger partial charge on any atom is 0.253 e. The molecule has 0 aromatic heterocycles. The van der Waals surface area contributed by atoms with Crippen molar-refractivity contribution in [1.82, 2.24) is 51.5 Å². The summed E-state index contributed by atoms with van der Waals surface area (Å²) < 4.78 is 0. The van der Waals surface area contributed by atoms with Gasteiger partial charge in [-0.1, -0.05) is 114 Å². The Morgan fingerprint density at radius 3 is 1.18 bits per heavy atom. The van der Waals surface area contributed by atoms with Gasteiger partial charge >= 0.3 is 0 Å². The molecule has 2 aliphatic carbocycles. The first-order chi connectivity index (χ1) is 39.0. The lowest BCUT2D eigenvalue weighted by molar-refractivity contribution is -0.148. The van der Waals surface area contributed by atoms with Crippen LogP contribution in [-0.4, -0.2) is 156 Å². The molecule has 18 heteroatoms. The largest absolute Gasteiger partial charge is 0.347 e. The number of fused-ring (bicyclic) bond motifs is 2. The van der Waals surface area contributed by atoms with Crippen LogP contribution in [0.5, 0.6) is 0 Å². The summed E-state index contributed by atoms with van der Waals surface area (Å²) in [6.45, 7) is 15.0. The molecule has 6 N–H and O–H groups in total. The molecular weight excluding hydrogens is 1040 g/mol. The highest BCUT2D eigenvalue weighted by molar-refractivity contribution is 5.99. The topological polar surface area (TPSA) is 222 Å². The van der Waals surface area contributed by atoms with Crippen LogP contribution >= 0.6 is 0 Å². The number of carbonyl (C=O) groups is 8. The van der Waals surface area contributed by atoms with Gasteiger partial charge in [-0.2, -0.15) is 0 Å². The van der Waals surface area contributed by atoms with E-state index in [1.165, 1.54) is 20.9 Å². The van der Waals surface area contributed by atoms with Crippen molar-refractivity contribution in [3.05, 3.63) is 130 Å². The zero-order valence-corrected chi connectivity index (χ0v) is 49.4. The predicted molar refractivity (Wildman–Crippen MR) is 315 cm³/mol. The minimum Gasteiger partial charge on any atom is -0.347 e. The molecule has 82 heavy (non-hydrogen) atoms. The van der Waals surface area contributed by atoms with Crippen LogP contribution in [0.3, 0.4) is 0 Å². The summed E-state index contributed by atoms with van der Waals surface area (Å²) in [5.41, 5.74) is 5.37. The number of hydrogen-bond acceptors (Lipinski definition) is 10. The van der Waals surface area contributed by atoms with Gasteiger partial charge in [0.1, 0.15) is 24.2 Å². The lowest BCUT2D eigenvalue weighted by Gasteiger charge is -2.44. The molecule has 8 atom stereocenters. The quantitative estimate of drug-likeness (QED) is 0.0899. The third-order valence-corrected chi connectivity index (χ3v) is 16.9. The van der Waals surface area contributed by atoms with Crippen LogP contribution in [0.4, 0.5) is 0 Å². The number of piperazine rings is 2. The Morgan fingerprint density at radius 2 is 0.841 bits per heavy atom. The Labute approximate surface area is 483 Å². The second-order valence-electron chi connectivity index (χ2n) is 24.7. The first kappa shape index (κ1) is 60.7. The average molecular weight is 1120 g/mol. The molecule has 0 spiro atoms. The number of likely N-dealkylation sites (N-methyl/N-ethyl adjacent to an activating group) is 2. The minimum atomic E-state index is -1.04. The van der Waals surface area contributed by atoms with Crippen LogP contribution in [0, 0.1) is 10.8 Å². The van der Waals surface area contributed by atoms with Crippen LogP contribution in [0.1, 0.15) is 136 Å². The number of carbonyl (C=O) groups excluding carboxylic acids is 8. The summed E-state index contributed by atoms with van der Waals surface area (Å²) >= 11 is 0. The number of nitrogens with zero attached hydrogens (tertiary/aromatic N) is 4. The van der Waals surface area contributed by atoms with Gasteiger partial charge in [-0.3, -0.25) is 38.4 Å². The second kappa shape index (κ2) is 25.8. The number of nitrogens with one attached hydrogen (secondary N) is 6. The summed E-state index contributed by atoms with van der Waals surface area (Å²) in [4.78, 5) is 120. The summed E-state index contributed by atoms with van der Waals surface area (Å²) in [6.07, 6.45) is 5.06. The van der Waals surface area contributed by atoms with E-state index in [0.717, 1.165) is 60.8 Å². The Morgan fingerprint density at radius 1 is 0.488 bits per heavy atom. The molecule has 0 saturated carbocycles. The molecule has 0 bridgehead atoms. The van der Waals surface area contributed by atoms with Gasteiger partial charge in [-0.25, -0.2) is 0 Å². The number of hydrogen-bond donors (Lipinski definition) is 6. The highest BCUT2D eigenvalue weighted by Crippen LogP contribution is 2.33. The van der Waals surface area contributed by atoms with Crippen molar-refractivity contribution in [2.24, 2.45) is 10.8 Å². The first-order valence-electron chi connectivity index (χ1n) is 29.1. The molecule has 4 aromatic rings. The number of rotatable bonds is 15. The van der Waals surface area contributed by atoms with Crippen molar-refractivity contribution in [3.8, 4) is 11.1 Å². The van der Waals surface area contributed by atoms with E-state index in [1.807, 2.05) is 102 Å². The van der Waals surface area contributed by atoms with Crippen molar-refractivity contribution in [1.29, 1.82) is 0 Å². The summed E-state index contributed by atoms with van der Waals surface area (Å²) in [6, 6.07) is 24.7. The van der Waals surface area contributed by atoms with Crippen molar-refractivity contribution in [2.45, 2.75) is 142 Å². The third-order valence-electron chi connectivity index (χ3n) is 16.9. The molecule has 8 amide bonds. The fraction of sp³-hybridized carbons (Fsp3) is 0.500. The van der Waals surface area contributed by atoms with Gasteiger partial charge in [0.05, 0.1) is 37.3 Å². The minimum absolute atomic E-state index is 0.0580. The molecule has 18 nitrogen and oxygen atoms in total. The molecular formula is C64H84N10O8. The molecule has 0 radical (unpaired) electrons. The number of aryl methyl sites for hydroxylation is 2. The summed E-state index contributed by atoms with van der Waals surface area (Å²) in [5.74, 6) is -2.83. The van der Waals surface area contributed by atoms with Gasteiger partial charge in [0.15, 0.2) is 0 Å². The summed E-state index contributed by atoms with van der Waals surface area (Å²) in [5, 5.41) is 18.2. The molecule has 8 rings (SSSR count). The zero-order chi connectivity index (χ0) is 59.2. The van der Waals surface area contributed by atoms with Crippen LogP contribution in [0.15, 0.2) is 97.1 Å². The van der Waals surface area contributed by atoms with Crippen molar-refractivity contribution in [3.63, 3.8) is 0 Å². The van der Waals surface area contributed by atoms with Gasteiger partial charge in [0.25, 0.3) is 11.8 Å². The predicted octanol–water partition coefficient (Wildman–Crippen LogP) is 5.32. The molecule has 2 saturated heterocycles. The van der Waals surface area contributed by atoms with Crippen LogP contribution in [0.2, 0.25) is 0 Å². The number of amides is 8. The lowest BCUT2D eigenvalue weighted by atomic mass is 9.85. The van der Waals surface area contributed by atoms with Gasteiger partial charge in [-0.15, -0.1) is 0 Å². The van der Waals surface area contributed by atoms with E-state index < -0.39 is 58.9 Å². The molecule has 4 aliphatic rings. The van der Waals surface area contributed by atoms with E-state index in [4.69, 9.17) is 0 Å². The monoisotopic (exact) mass is 1120 g/mol. The Bertz CT molecular complexity index is 2800. The smallest absolute Gasteiger partial charge is 0.253 e. The Kier molecular flexibility index (Phi) is 19.1. The SMILES string of the molecule is CN[C@@H](C)C(=O)N[C@H](C(=O)N1CCN(C(=O)c2ccc(-c3ccc(C(=O)N4CCN(C(=O)[C@@H](NC(=O)[C@H](C)NC)C(C)(C)C)[C@H](C(=O)N[C@@H]5CCCc6ccccc65)C4)cc3)cc2)C[C@H]1C(=O)N[C@@H]1CCCc2ccccc21)C(C)(C)C. The van der Waals surface area contributed by atoms with E-state index in [0.29, 0.717) is 11.1 Å². The Hall–Kier alpha value is -7.44. The molecule has 2 aliphatic heterocycles. The van der Waals surface area contributed by atoms with Gasteiger partial charge in [-0.05, 0) is 135 Å². The molecule has 438 valence electrons. The van der Waals surface area contributed by atoms with Crippen LogP contribution < -0.4 is 31.9 Å². The number of benzene rings is 4. The molecule has 0 unspecified atom stereocenters. The average Bonchev–Trinajstić information content (AvgIpc) is 3.39. The van der Waals surface area contributed by atoms with Gasteiger partial charge < -0.3 is 51.5 Å². The zero-order valence-electron chi connectivity index (χ0n) is 49.4. The van der Waals surface area contributed by atoms with Crippen LogP contribution in [0.25, 0.3) is 11.1 Å². The van der Waals surface area contributed by atoms with E-state index >= 15 is 0 Å². The fourth-order valence-corrected chi connectivity index (χ4v) is 11.7. The molecule has 4 aromatic carbocycles. The van der Waals surface area contributed by atoms with E-state index in [1.54, 1.807) is 62.0 Å². The van der Waals surface area contributed by atoms with E-state index in [-0.39, 0.29) is 86.8 Å².